The molecule has 2 aromatic heterocycles. The molecule has 226 valence electrons. The minimum Gasteiger partial charge on any atom is -0.405 e. The van der Waals surface area contributed by atoms with Gasteiger partial charge in [-0.25, -0.2) is 25.1 Å². The quantitative estimate of drug-likeness (QED) is 0.141. The fourth-order valence-corrected chi connectivity index (χ4v) is 5.86. The number of hydrogen-bond donors (Lipinski definition) is 0. The first kappa shape index (κ1) is 29.6. The van der Waals surface area contributed by atoms with Crippen molar-refractivity contribution < 1.29 is 17.9 Å². The molecule has 4 aromatic carbocycles. The molecule has 7 rings (SSSR count). The molecule has 12 heteroatoms. The average molecular weight is 633 g/mol. The van der Waals surface area contributed by atoms with Gasteiger partial charge in [0, 0.05) is 21.9 Å². The Morgan fingerprint density at radius 2 is 1.35 bits per heavy atom. The molecule has 0 N–H and O–H groups in total. The van der Waals surface area contributed by atoms with Crippen LogP contribution in [0.2, 0.25) is 0 Å². The molecule has 0 bridgehead atoms. The Bertz CT molecular complexity index is 2580. The number of allylic oxidation sites excluding steroid dienone is 1. The van der Waals surface area contributed by atoms with Crippen LogP contribution in [0.1, 0.15) is 22.4 Å². The molecule has 9 nitrogen and oxygen atoms in total. The van der Waals surface area contributed by atoms with Gasteiger partial charge in [-0.15, -0.1) is 13.2 Å². The summed E-state index contributed by atoms with van der Waals surface area (Å²) >= 11 is 0. The van der Waals surface area contributed by atoms with E-state index >= 15 is 0 Å². The molecular formula is C36H15F3N8O. The van der Waals surface area contributed by atoms with Gasteiger partial charge in [0.2, 0.25) is 0 Å². The van der Waals surface area contributed by atoms with Crippen LogP contribution < -0.4 is 4.74 Å². The number of nitriles is 2. The van der Waals surface area contributed by atoms with E-state index in [0.29, 0.717) is 49.6 Å². The number of rotatable bonds is 3. The number of ether oxygens (including phenoxy) is 1. The van der Waals surface area contributed by atoms with Crippen molar-refractivity contribution in [3.8, 4) is 51.8 Å². The molecule has 48 heavy (non-hydrogen) atoms. The minimum atomic E-state index is -5.12. The normalized spacial score (nSPS) is 12.8. The molecule has 0 atom stereocenters. The van der Waals surface area contributed by atoms with Gasteiger partial charge in [0.15, 0.2) is 11.5 Å². The van der Waals surface area contributed by atoms with E-state index in [9.17, 15) is 23.7 Å². The fourth-order valence-electron chi connectivity index (χ4n) is 5.86. The van der Waals surface area contributed by atoms with Crippen molar-refractivity contribution in [2.45, 2.75) is 13.3 Å². The number of para-hydroxylation sites is 2. The lowest BCUT2D eigenvalue weighted by molar-refractivity contribution is -0.274. The standard InChI is InChI=1S/C36H15F3N8O/c1-18-12-24-22(13-21(18)34-44-27-10-6-4-8-19(27)29(16-40)46-34)23-14-26(35-45-28-11-7-5-9-20(28)33(43-3)47-35)31(48-36(37,38)39)15-25(23)32(24)30(17-41)42-2/h4-15H,1H3/b32-30+. The topological polar surface area (TPSA) is 117 Å². The number of benzene rings is 4. The number of hydrogen-bond acceptors (Lipinski definition) is 7. The minimum absolute atomic E-state index is 0.0607. The van der Waals surface area contributed by atoms with Crippen LogP contribution in [0.4, 0.5) is 19.0 Å². The first-order chi connectivity index (χ1) is 23.1. The summed E-state index contributed by atoms with van der Waals surface area (Å²) in [5, 5.41) is 20.7. The molecule has 0 aliphatic heterocycles. The van der Waals surface area contributed by atoms with E-state index in [2.05, 4.69) is 40.4 Å². The number of aryl methyl sites for hydroxylation is 1. The van der Waals surface area contributed by atoms with Gasteiger partial charge in [0.1, 0.15) is 11.8 Å². The summed E-state index contributed by atoms with van der Waals surface area (Å²) in [5.41, 5.74) is 3.25. The monoisotopic (exact) mass is 632 g/mol. The molecule has 1 aliphatic carbocycles. The Balaban J connectivity index is 1.55. The number of aromatic nitrogens is 4. The zero-order valence-electron chi connectivity index (χ0n) is 24.5. The molecule has 0 saturated carbocycles. The van der Waals surface area contributed by atoms with Crippen LogP contribution >= 0.6 is 0 Å². The summed E-state index contributed by atoms with van der Waals surface area (Å²) < 4.78 is 46.0. The Morgan fingerprint density at radius 3 is 1.98 bits per heavy atom. The molecule has 0 radical (unpaired) electrons. The summed E-state index contributed by atoms with van der Waals surface area (Å²) in [7, 11) is 0. The predicted octanol–water partition coefficient (Wildman–Crippen LogP) is 8.72. The highest BCUT2D eigenvalue weighted by molar-refractivity contribution is 6.06. The lowest BCUT2D eigenvalue weighted by Gasteiger charge is -2.15. The van der Waals surface area contributed by atoms with Crippen LogP contribution in [0.15, 0.2) is 78.5 Å². The van der Waals surface area contributed by atoms with E-state index in [1.165, 1.54) is 6.07 Å². The van der Waals surface area contributed by atoms with Crippen molar-refractivity contribution in [3.05, 3.63) is 124 Å². The van der Waals surface area contributed by atoms with Crippen molar-refractivity contribution in [1.82, 2.24) is 19.9 Å². The third kappa shape index (κ3) is 4.79. The zero-order chi connectivity index (χ0) is 33.7. The Morgan fingerprint density at radius 1 is 0.750 bits per heavy atom. The van der Waals surface area contributed by atoms with Gasteiger partial charge in [-0.2, -0.15) is 5.26 Å². The van der Waals surface area contributed by atoms with E-state index in [-0.39, 0.29) is 45.6 Å². The van der Waals surface area contributed by atoms with Gasteiger partial charge in [-0.05, 0) is 71.1 Å². The van der Waals surface area contributed by atoms with Crippen molar-refractivity contribution >= 4 is 33.2 Å². The molecular weight excluding hydrogens is 617 g/mol. The highest BCUT2D eigenvalue weighted by Crippen LogP contribution is 2.51. The highest BCUT2D eigenvalue weighted by atomic mass is 19.4. The Labute approximate surface area is 270 Å². The zero-order valence-corrected chi connectivity index (χ0v) is 24.5. The number of alkyl halides is 3. The van der Waals surface area contributed by atoms with Gasteiger partial charge >= 0.3 is 6.36 Å². The second-order valence-corrected chi connectivity index (χ2v) is 10.6. The SMILES string of the molecule is [C-]#[N+]/C(C#N)=C1\c2cc(C)c(-c3nc(C#N)c4ccccc4n3)cc2-c2cc(-c3nc([N+]#[C-])c4ccccc4n3)c(OC(F)(F)F)cc21. The van der Waals surface area contributed by atoms with Crippen molar-refractivity contribution in [2.24, 2.45) is 0 Å². The molecule has 0 spiro atoms. The maximum Gasteiger partial charge on any atom is 0.573 e. The van der Waals surface area contributed by atoms with Crippen molar-refractivity contribution in [1.29, 1.82) is 10.5 Å². The van der Waals surface area contributed by atoms with Crippen LogP contribution in [-0.4, -0.2) is 26.3 Å². The van der Waals surface area contributed by atoms with Crippen LogP contribution in [0.25, 0.3) is 71.0 Å². The predicted molar refractivity (Wildman–Crippen MR) is 170 cm³/mol. The largest absolute Gasteiger partial charge is 0.573 e. The highest BCUT2D eigenvalue weighted by Gasteiger charge is 2.36. The van der Waals surface area contributed by atoms with Gasteiger partial charge in [-0.3, -0.25) is 0 Å². The summed E-state index contributed by atoms with van der Waals surface area (Å²) in [6, 6.07) is 23.6. The van der Waals surface area contributed by atoms with Crippen LogP contribution in [0, 0.1) is 42.7 Å². The lowest BCUT2D eigenvalue weighted by atomic mass is 9.96. The lowest BCUT2D eigenvalue weighted by Crippen LogP contribution is -2.18. The smallest absolute Gasteiger partial charge is 0.405 e. The molecule has 0 saturated heterocycles. The first-order valence-electron chi connectivity index (χ1n) is 14.1. The second kappa shape index (κ2) is 11.0. The first-order valence-corrected chi connectivity index (χ1v) is 14.1. The van der Waals surface area contributed by atoms with Crippen molar-refractivity contribution in [3.63, 3.8) is 0 Å². The average Bonchev–Trinajstić information content (AvgIpc) is 3.37. The van der Waals surface area contributed by atoms with E-state index in [1.54, 1.807) is 67.6 Å². The number of halogens is 3. The van der Waals surface area contributed by atoms with Crippen LogP contribution in [-0.2, 0) is 0 Å². The number of fused-ring (bicyclic) bond motifs is 5. The van der Waals surface area contributed by atoms with E-state index < -0.39 is 12.1 Å². The van der Waals surface area contributed by atoms with Gasteiger partial charge in [0.05, 0.1) is 29.2 Å². The van der Waals surface area contributed by atoms with Crippen LogP contribution in [0.3, 0.4) is 0 Å². The van der Waals surface area contributed by atoms with Gasteiger partial charge < -0.3 is 9.58 Å². The third-order valence-corrected chi connectivity index (χ3v) is 7.87. The molecule has 2 heterocycles. The van der Waals surface area contributed by atoms with E-state index in [4.69, 9.17) is 13.1 Å². The summed E-state index contributed by atoms with van der Waals surface area (Å²) in [6.45, 7) is 17.1. The van der Waals surface area contributed by atoms with Gasteiger partial charge in [0.25, 0.3) is 17.3 Å². The number of nitrogens with zero attached hydrogens (tertiary/aromatic N) is 8. The van der Waals surface area contributed by atoms with Gasteiger partial charge in [-0.1, -0.05) is 48.0 Å². The summed E-state index contributed by atoms with van der Waals surface area (Å²) in [6.07, 6.45) is -5.12. The second-order valence-electron chi connectivity index (χ2n) is 10.6. The Hall–Kier alpha value is -7.15. The summed E-state index contributed by atoms with van der Waals surface area (Å²) in [5.74, 6) is -0.676. The van der Waals surface area contributed by atoms with Crippen LogP contribution in [0.5, 0.6) is 5.75 Å². The molecule has 0 unspecified atom stereocenters. The van der Waals surface area contributed by atoms with E-state index in [1.807, 2.05) is 6.07 Å². The Kier molecular flexibility index (Phi) is 6.79. The molecule has 0 fully saturated rings. The maximum atomic E-state index is 13.8. The molecule has 0 amide bonds. The van der Waals surface area contributed by atoms with E-state index in [0.717, 1.165) is 6.07 Å². The summed E-state index contributed by atoms with van der Waals surface area (Å²) in [4.78, 5) is 24.8. The fraction of sp³-hybridized carbons (Fsp3) is 0.0556. The molecule has 1 aliphatic rings. The van der Waals surface area contributed by atoms with Crippen molar-refractivity contribution in [2.75, 3.05) is 0 Å². The molecule has 6 aromatic rings. The third-order valence-electron chi connectivity index (χ3n) is 7.87. The maximum absolute atomic E-state index is 13.8.